The minimum absolute atomic E-state index is 0.118. The molecule has 1 unspecified atom stereocenters. The summed E-state index contributed by atoms with van der Waals surface area (Å²) in [6.45, 7) is 3.87. The first-order valence-electron chi connectivity index (χ1n) is 5.25. The average molecular weight is 277 g/mol. The molecule has 1 aromatic rings. The number of hydrogen-bond acceptors (Lipinski definition) is 3. The fourth-order valence-corrected chi connectivity index (χ4v) is 3.30. The Morgan fingerprint density at radius 3 is 2.53 bits per heavy atom. The van der Waals surface area contributed by atoms with Crippen molar-refractivity contribution in [3.8, 4) is 0 Å². The third kappa shape index (κ3) is 2.98. The molecule has 0 bridgehead atoms. The van der Waals surface area contributed by atoms with Crippen molar-refractivity contribution in [2.75, 3.05) is 13.6 Å². The van der Waals surface area contributed by atoms with Crippen LogP contribution >= 0.6 is 11.6 Å². The lowest BCUT2D eigenvalue weighted by molar-refractivity contribution is 0.394. The maximum atomic E-state index is 12.3. The lowest BCUT2D eigenvalue weighted by atomic mass is 10.2. The molecule has 0 saturated heterocycles. The van der Waals surface area contributed by atoms with E-state index in [4.69, 9.17) is 17.3 Å². The van der Waals surface area contributed by atoms with Gasteiger partial charge < -0.3 is 5.73 Å². The van der Waals surface area contributed by atoms with Crippen LogP contribution in [0.3, 0.4) is 0 Å². The fraction of sp³-hybridized carbons (Fsp3) is 0.455. The molecule has 96 valence electrons. The van der Waals surface area contributed by atoms with Crippen LogP contribution in [0.2, 0.25) is 5.02 Å². The van der Waals surface area contributed by atoms with Crippen molar-refractivity contribution in [3.63, 3.8) is 0 Å². The van der Waals surface area contributed by atoms with Crippen molar-refractivity contribution in [3.05, 3.63) is 28.8 Å². The van der Waals surface area contributed by atoms with E-state index < -0.39 is 10.0 Å². The lowest BCUT2D eigenvalue weighted by Gasteiger charge is -2.23. The molecule has 0 saturated carbocycles. The second-order valence-corrected chi connectivity index (χ2v) is 6.41. The standard InChI is InChI=1S/C11H17ClN2O2S/c1-8-4-5-11(10(12)6-8)17(15,16)14(3)9(2)7-13/h4-6,9H,7,13H2,1-3H3. The molecule has 0 aliphatic carbocycles. The summed E-state index contributed by atoms with van der Waals surface area (Å²) in [6.07, 6.45) is 0. The lowest BCUT2D eigenvalue weighted by Crippen LogP contribution is -2.39. The van der Waals surface area contributed by atoms with Gasteiger partial charge in [0.25, 0.3) is 0 Å². The van der Waals surface area contributed by atoms with E-state index in [1.165, 1.54) is 17.4 Å². The molecule has 0 fully saturated rings. The summed E-state index contributed by atoms with van der Waals surface area (Å²) in [5, 5.41) is 0.237. The Bertz CT molecular complexity index is 502. The Morgan fingerprint density at radius 1 is 1.47 bits per heavy atom. The molecule has 0 aliphatic rings. The van der Waals surface area contributed by atoms with Crippen molar-refractivity contribution < 1.29 is 8.42 Å². The first-order chi connectivity index (χ1) is 7.80. The Kier molecular flexibility index (Phi) is 4.55. The van der Waals surface area contributed by atoms with Crippen molar-refractivity contribution in [2.24, 2.45) is 5.73 Å². The molecule has 1 atom stereocenters. The zero-order valence-corrected chi connectivity index (χ0v) is 11.7. The van der Waals surface area contributed by atoms with Crippen molar-refractivity contribution in [2.45, 2.75) is 24.8 Å². The smallest absolute Gasteiger partial charge is 0.244 e. The average Bonchev–Trinajstić information content (AvgIpc) is 2.26. The van der Waals surface area contributed by atoms with E-state index in [-0.39, 0.29) is 22.5 Å². The van der Waals surface area contributed by atoms with Crippen LogP contribution in [0.4, 0.5) is 0 Å². The van der Waals surface area contributed by atoms with Gasteiger partial charge in [0.2, 0.25) is 10.0 Å². The highest BCUT2D eigenvalue weighted by molar-refractivity contribution is 7.89. The van der Waals surface area contributed by atoms with E-state index in [9.17, 15) is 8.42 Å². The molecule has 17 heavy (non-hydrogen) atoms. The summed E-state index contributed by atoms with van der Waals surface area (Å²) in [5.74, 6) is 0. The maximum absolute atomic E-state index is 12.3. The number of rotatable bonds is 4. The fourth-order valence-electron chi connectivity index (χ4n) is 1.36. The molecule has 0 spiro atoms. The van der Waals surface area contributed by atoms with Crippen LogP contribution in [0.15, 0.2) is 23.1 Å². The first-order valence-corrected chi connectivity index (χ1v) is 7.06. The van der Waals surface area contributed by atoms with Crippen LogP contribution < -0.4 is 5.73 Å². The Hall–Kier alpha value is -0.620. The molecule has 6 heteroatoms. The second-order valence-electron chi connectivity index (χ2n) is 4.04. The zero-order valence-electron chi connectivity index (χ0n) is 10.1. The summed E-state index contributed by atoms with van der Waals surface area (Å²) in [4.78, 5) is 0.118. The van der Waals surface area contributed by atoms with Crippen molar-refractivity contribution in [1.29, 1.82) is 0 Å². The minimum Gasteiger partial charge on any atom is -0.329 e. The molecular formula is C11H17ClN2O2S. The van der Waals surface area contributed by atoms with Gasteiger partial charge in [-0.1, -0.05) is 17.7 Å². The van der Waals surface area contributed by atoms with E-state index in [1.54, 1.807) is 19.1 Å². The topological polar surface area (TPSA) is 63.4 Å². The molecule has 1 rings (SSSR count). The van der Waals surface area contributed by atoms with Gasteiger partial charge in [0.1, 0.15) is 4.90 Å². The highest BCUT2D eigenvalue weighted by atomic mass is 35.5. The third-order valence-electron chi connectivity index (χ3n) is 2.71. The summed E-state index contributed by atoms with van der Waals surface area (Å²) < 4.78 is 25.7. The monoisotopic (exact) mass is 276 g/mol. The first kappa shape index (κ1) is 14.4. The maximum Gasteiger partial charge on any atom is 0.244 e. The van der Waals surface area contributed by atoms with E-state index in [2.05, 4.69) is 0 Å². The van der Waals surface area contributed by atoms with Crippen LogP contribution in [0.25, 0.3) is 0 Å². The summed E-state index contributed by atoms with van der Waals surface area (Å²) >= 11 is 5.97. The number of aryl methyl sites for hydroxylation is 1. The molecule has 0 amide bonds. The van der Waals surface area contributed by atoms with Crippen LogP contribution in [-0.4, -0.2) is 32.4 Å². The van der Waals surface area contributed by atoms with Crippen molar-refractivity contribution in [1.82, 2.24) is 4.31 Å². The van der Waals surface area contributed by atoms with Crippen LogP contribution in [0.1, 0.15) is 12.5 Å². The number of likely N-dealkylation sites (N-methyl/N-ethyl adjacent to an activating group) is 1. The molecule has 4 nitrogen and oxygen atoms in total. The summed E-state index contributed by atoms with van der Waals surface area (Å²) in [7, 11) is -2.07. The second kappa shape index (κ2) is 5.35. The molecule has 0 heterocycles. The number of halogens is 1. The van der Waals surface area contributed by atoms with E-state index >= 15 is 0 Å². The quantitative estimate of drug-likeness (QED) is 0.909. The van der Waals surface area contributed by atoms with Crippen LogP contribution in [-0.2, 0) is 10.0 Å². The molecule has 1 aromatic carbocycles. The highest BCUT2D eigenvalue weighted by Crippen LogP contribution is 2.25. The highest BCUT2D eigenvalue weighted by Gasteiger charge is 2.26. The number of benzene rings is 1. The van der Waals surface area contributed by atoms with Gasteiger partial charge in [-0.15, -0.1) is 0 Å². The number of nitrogens with zero attached hydrogens (tertiary/aromatic N) is 1. The van der Waals surface area contributed by atoms with E-state index in [0.29, 0.717) is 0 Å². The van der Waals surface area contributed by atoms with E-state index in [1.807, 2.05) is 6.92 Å². The normalized spacial score (nSPS) is 14.0. The largest absolute Gasteiger partial charge is 0.329 e. The summed E-state index contributed by atoms with van der Waals surface area (Å²) in [5.41, 5.74) is 6.39. The SMILES string of the molecule is Cc1ccc(S(=O)(=O)N(C)C(C)CN)c(Cl)c1. The Balaban J connectivity index is 3.22. The molecule has 0 aliphatic heterocycles. The predicted octanol–water partition coefficient (Wildman–Crippen LogP) is 1.62. The van der Waals surface area contributed by atoms with Crippen LogP contribution in [0, 0.1) is 6.92 Å². The number of sulfonamides is 1. The number of hydrogen-bond donors (Lipinski definition) is 1. The van der Waals surface area contributed by atoms with Gasteiger partial charge in [0.05, 0.1) is 5.02 Å². The number of nitrogens with two attached hydrogens (primary N) is 1. The van der Waals surface area contributed by atoms with Gasteiger partial charge in [-0.05, 0) is 31.5 Å². The Labute approximate surface area is 107 Å². The van der Waals surface area contributed by atoms with Gasteiger partial charge >= 0.3 is 0 Å². The molecule has 0 radical (unpaired) electrons. The zero-order chi connectivity index (χ0) is 13.2. The van der Waals surface area contributed by atoms with Gasteiger partial charge in [0, 0.05) is 19.6 Å². The van der Waals surface area contributed by atoms with Crippen molar-refractivity contribution >= 4 is 21.6 Å². The van der Waals surface area contributed by atoms with Gasteiger partial charge in [-0.3, -0.25) is 0 Å². The molecular weight excluding hydrogens is 260 g/mol. The minimum atomic E-state index is -3.58. The van der Waals surface area contributed by atoms with Gasteiger partial charge in [-0.25, -0.2) is 8.42 Å². The summed E-state index contributed by atoms with van der Waals surface area (Å²) in [6, 6.07) is 4.61. The third-order valence-corrected chi connectivity index (χ3v) is 5.16. The van der Waals surface area contributed by atoms with Gasteiger partial charge in [0.15, 0.2) is 0 Å². The van der Waals surface area contributed by atoms with Crippen LogP contribution in [0.5, 0.6) is 0 Å². The predicted molar refractivity (Wildman–Crippen MR) is 69.7 cm³/mol. The van der Waals surface area contributed by atoms with E-state index in [0.717, 1.165) is 5.56 Å². The molecule has 2 N–H and O–H groups in total. The molecule has 0 aromatic heterocycles. The Morgan fingerprint density at radius 2 is 2.06 bits per heavy atom. The van der Waals surface area contributed by atoms with Gasteiger partial charge in [-0.2, -0.15) is 4.31 Å².